The van der Waals surface area contributed by atoms with Gasteiger partial charge in [0.1, 0.15) is 11.9 Å². The van der Waals surface area contributed by atoms with E-state index in [1.165, 1.54) is 12.4 Å². The van der Waals surface area contributed by atoms with Gasteiger partial charge in [-0.15, -0.1) is 0 Å². The van der Waals surface area contributed by atoms with Gasteiger partial charge >= 0.3 is 0 Å². The Morgan fingerprint density at radius 1 is 1.56 bits per heavy atom. The van der Waals surface area contributed by atoms with Gasteiger partial charge in [0.25, 0.3) is 0 Å². The second-order valence-electron chi connectivity index (χ2n) is 3.18. The van der Waals surface area contributed by atoms with Gasteiger partial charge in [-0.1, -0.05) is 0 Å². The van der Waals surface area contributed by atoms with E-state index in [9.17, 15) is 4.79 Å². The highest BCUT2D eigenvalue weighted by Gasteiger charge is 2.07. The quantitative estimate of drug-likeness (QED) is 0.766. The Morgan fingerprint density at radius 3 is 2.81 bits per heavy atom. The van der Waals surface area contributed by atoms with Crippen LogP contribution in [0.4, 0.5) is 5.82 Å². The van der Waals surface area contributed by atoms with Gasteiger partial charge in [-0.05, 0) is 6.92 Å². The summed E-state index contributed by atoms with van der Waals surface area (Å²) in [6.07, 6.45) is 2.85. The zero-order valence-corrected chi connectivity index (χ0v) is 9.27. The van der Waals surface area contributed by atoms with Crippen LogP contribution in [0.25, 0.3) is 0 Å². The molecule has 6 nitrogen and oxygen atoms in total. The minimum absolute atomic E-state index is 0.0730. The Labute approximate surface area is 93.9 Å². The predicted molar refractivity (Wildman–Crippen MR) is 58.7 cm³/mol. The van der Waals surface area contributed by atoms with Gasteiger partial charge < -0.3 is 10.2 Å². The SMILES string of the molecule is CCNC(=O)CN(C)c1cnc(C#N)cn1. The zero-order valence-electron chi connectivity index (χ0n) is 9.27. The summed E-state index contributed by atoms with van der Waals surface area (Å²) in [7, 11) is 1.74. The average molecular weight is 219 g/mol. The molecule has 1 heterocycles. The van der Waals surface area contributed by atoms with Crippen molar-refractivity contribution in [1.82, 2.24) is 15.3 Å². The summed E-state index contributed by atoms with van der Waals surface area (Å²) in [4.78, 5) is 20.9. The molecule has 0 spiro atoms. The van der Waals surface area contributed by atoms with Gasteiger partial charge in [0.05, 0.1) is 18.9 Å². The normalized spacial score (nSPS) is 9.31. The predicted octanol–water partition coefficient (Wildman–Crippen LogP) is -0.0794. The molecule has 0 fully saturated rings. The van der Waals surface area contributed by atoms with Crippen molar-refractivity contribution in [2.75, 3.05) is 25.0 Å². The number of carbonyl (C=O) groups excluding carboxylic acids is 1. The number of nitrogens with one attached hydrogen (secondary N) is 1. The second-order valence-corrected chi connectivity index (χ2v) is 3.18. The first kappa shape index (κ1) is 11.9. The number of amides is 1. The van der Waals surface area contributed by atoms with Crippen LogP contribution in [0.3, 0.4) is 0 Å². The Balaban J connectivity index is 2.63. The molecule has 1 aromatic rings. The molecule has 1 N–H and O–H groups in total. The number of nitriles is 1. The number of hydrogen-bond acceptors (Lipinski definition) is 5. The van der Waals surface area contributed by atoms with Crippen LogP contribution in [0, 0.1) is 11.3 Å². The number of likely N-dealkylation sites (N-methyl/N-ethyl adjacent to an activating group) is 2. The summed E-state index contributed by atoms with van der Waals surface area (Å²) in [5.41, 5.74) is 0.259. The Morgan fingerprint density at radius 2 is 2.31 bits per heavy atom. The Hall–Kier alpha value is -2.16. The minimum Gasteiger partial charge on any atom is -0.355 e. The van der Waals surface area contributed by atoms with Crippen LogP contribution < -0.4 is 10.2 Å². The van der Waals surface area contributed by atoms with Crippen molar-refractivity contribution in [3.05, 3.63) is 18.1 Å². The summed E-state index contributed by atoms with van der Waals surface area (Å²) >= 11 is 0. The van der Waals surface area contributed by atoms with Crippen molar-refractivity contribution in [2.45, 2.75) is 6.92 Å². The molecule has 1 amide bonds. The zero-order chi connectivity index (χ0) is 12.0. The van der Waals surface area contributed by atoms with Crippen LogP contribution in [0.1, 0.15) is 12.6 Å². The third-order valence-corrected chi connectivity index (χ3v) is 1.90. The van der Waals surface area contributed by atoms with Gasteiger partial charge in [-0.25, -0.2) is 9.97 Å². The minimum atomic E-state index is -0.0730. The molecule has 16 heavy (non-hydrogen) atoms. The maximum atomic E-state index is 11.3. The number of anilines is 1. The van der Waals surface area contributed by atoms with Crippen LogP contribution in [0.5, 0.6) is 0 Å². The van der Waals surface area contributed by atoms with E-state index in [-0.39, 0.29) is 18.1 Å². The van der Waals surface area contributed by atoms with E-state index < -0.39 is 0 Å². The lowest BCUT2D eigenvalue weighted by atomic mass is 10.4. The molecule has 0 radical (unpaired) electrons. The van der Waals surface area contributed by atoms with Crippen LogP contribution >= 0.6 is 0 Å². The van der Waals surface area contributed by atoms with E-state index in [2.05, 4.69) is 15.3 Å². The first-order chi connectivity index (χ1) is 7.67. The lowest BCUT2D eigenvalue weighted by Crippen LogP contribution is -2.35. The first-order valence-electron chi connectivity index (χ1n) is 4.87. The first-order valence-corrected chi connectivity index (χ1v) is 4.87. The maximum absolute atomic E-state index is 11.3. The van der Waals surface area contributed by atoms with E-state index in [0.29, 0.717) is 12.4 Å². The highest BCUT2D eigenvalue weighted by Crippen LogP contribution is 2.05. The van der Waals surface area contributed by atoms with Gasteiger partial charge in [-0.3, -0.25) is 4.79 Å². The number of aromatic nitrogens is 2. The summed E-state index contributed by atoms with van der Waals surface area (Å²) in [6, 6.07) is 1.88. The summed E-state index contributed by atoms with van der Waals surface area (Å²) < 4.78 is 0. The van der Waals surface area contributed by atoms with Crippen molar-refractivity contribution in [3.8, 4) is 6.07 Å². The Kier molecular flexibility index (Phi) is 4.21. The molecule has 0 unspecified atom stereocenters. The van der Waals surface area contributed by atoms with Crippen molar-refractivity contribution < 1.29 is 4.79 Å². The molecule has 6 heteroatoms. The number of nitrogens with zero attached hydrogens (tertiary/aromatic N) is 4. The molecule has 0 saturated carbocycles. The maximum Gasteiger partial charge on any atom is 0.239 e. The van der Waals surface area contributed by atoms with Gasteiger partial charge in [0.2, 0.25) is 5.91 Å². The highest BCUT2D eigenvalue weighted by atomic mass is 16.2. The number of hydrogen-bond donors (Lipinski definition) is 1. The average Bonchev–Trinajstić information content (AvgIpc) is 2.29. The third kappa shape index (κ3) is 3.20. The van der Waals surface area contributed by atoms with Crippen molar-refractivity contribution in [3.63, 3.8) is 0 Å². The molecular formula is C10H13N5O. The fraction of sp³-hybridized carbons (Fsp3) is 0.400. The van der Waals surface area contributed by atoms with Crippen molar-refractivity contribution >= 4 is 11.7 Å². The molecule has 84 valence electrons. The third-order valence-electron chi connectivity index (χ3n) is 1.90. The van der Waals surface area contributed by atoms with Crippen LogP contribution in [-0.4, -0.2) is 36.0 Å². The van der Waals surface area contributed by atoms with Gasteiger partial charge in [0.15, 0.2) is 5.69 Å². The summed E-state index contributed by atoms with van der Waals surface area (Å²) in [5.74, 6) is 0.487. The molecule has 0 bridgehead atoms. The molecule has 1 rings (SSSR count). The molecule has 0 saturated heterocycles. The largest absolute Gasteiger partial charge is 0.355 e. The van der Waals surface area contributed by atoms with Crippen molar-refractivity contribution in [2.24, 2.45) is 0 Å². The molecule has 0 aliphatic carbocycles. The molecule has 0 aliphatic heterocycles. The molecule has 0 aliphatic rings. The van der Waals surface area contributed by atoms with E-state index in [1.807, 2.05) is 13.0 Å². The molecule has 0 atom stereocenters. The second kappa shape index (κ2) is 5.66. The molecular weight excluding hydrogens is 206 g/mol. The summed E-state index contributed by atoms with van der Waals surface area (Å²) in [6.45, 7) is 2.68. The van der Waals surface area contributed by atoms with Crippen LogP contribution in [-0.2, 0) is 4.79 Å². The Bertz CT molecular complexity index is 395. The number of carbonyl (C=O) groups is 1. The smallest absolute Gasteiger partial charge is 0.239 e. The lowest BCUT2D eigenvalue weighted by Gasteiger charge is -2.16. The standard InChI is InChI=1S/C10H13N5O/c1-3-12-10(16)7-15(2)9-6-13-8(4-11)5-14-9/h5-6H,3,7H2,1-2H3,(H,12,16). The van der Waals surface area contributed by atoms with Crippen molar-refractivity contribution in [1.29, 1.82) is 5.26 Å². The fourth-order valence-corrected chi connectivity index (χ4v) is 1.13. The van der Waals surface area contributed by atoms with Gasteiger partial charge in [0, 0.05) is 13.6 Å². The fourth-order valence-electron chi connectivity index (χ4n) is 1.13. The van der Waals surface area contributed by atoms with Gasteiger partial charge in [-0.2, -0.15) is 5.26 Å². The van der Waals surface area contributed by atoms with Crippen LogP contribution in [0.15, 0.2) is 12.4 Å². The van der Waals surface area contributed by atoms with E-state index in [1.54, 1.807) is 11.9 Å². The molecule has 1 aromatic heterocycles. The van der Waals surface area contributed by atoms with Crippen LogP contribution in [0.2, 0.25) is 0 Å². The highest BCUT2D eigenvalue weighted by molar-refractivity contribution is 5.80. The summed E-state index contributed by atoms with van der Waals surface area (Å²) in [5, 5.41) is 11.2. The van der Waals surface area contributed by atoms with E-state index in [4.69, 9.17) is 5.26 Å². The topological polar surface area (TPSA) is 81.9 Å². The number of rotatable bonds is 4. The van der Waals surface area contributed by atoms with E-state index in [0.717, 1.165) is 0 Å². The lowest BCUT2D eigenvalue weighted by molar-refractivity contribution is -0.119. The monoisotopic (exact) mass is 219 g/mol. The molecule has 0 aromatic carbocycles. The van der Waals surface area contributed by atoms with E-state index >= 15 is 0 Å².